The van der Waals surface area contributed by atoms with Gasteiger partial charge in [-0.25, -0.2) is 14.5 Å². The minimum atomic E-state index is -0.474. The fourth-order valence-corrected chi connectivity index (χ4v) is 3.20. The Kier molecular flexibility index (Phi) is 4.60. The monoisotopic (exact) mass is 371 g/mol. The molecule has 0 spiro atoms. The van der Waals surface area contributed by atoms with Crippen molar-refractivity contribution in [3.63, 3.8) is 0 Å². The fraction of sp³-hybridized carbons (Fsp3) is 0.143. The molecule has 0 unspecified atom stereocenters. The van der Waals surface area contributed by atoms with Crippen molar-refractivity contribution in [1.82, 2.24) is 19.2 Å². The lowest BCUT2D eigenvalue weighted by Gasteiger charge is -2.07. The van der Waals surface area contributed by atoms with Gasteiger partial charge in [-0.3, -0.25) is 0 Å². The van der Waals surface area contributed by atoms with Crippen LogP contribution >= 0.6 is 0 Å². The number of carbonyl (C=O) groups is 1. The average Bonchev–Trinajstić information content (AvgIpc) is 3.33. The molecule has 0 N–H and O–H groups in total. The fourth-order valence-electron chi connectivity index (χ4n) is 3.20. The molecular weight excluding hydrogens is 354 g/mol. The summed E-state index contributed by atoms with van der Waals surface area (Å²) in [7, 11) is 0. The third-order valence-electron chi connectivity index (χ3n) is 4.52. The highest BCUT2D eigenvalue weighted by molar-refractivity contribution is 5.90. The van der Waals surface area contributed by atoms with Crippen LogP contribution in [-0.2, 0) is 17.8 Å². The lowest BCUT2D eigenvalue weighted by molar-refractivity contribution is 0.0471. The van der Waals surface area contributed by atoms with Crippen LogP contribution in [-0.4, -0.2) is 25.1 Å². The van der Waals surface area contributed by atoms with Crippen LogP contribution in [0.15, 0.2) is 61.2 Å². The zero-order valence-electron chi connectivity index (χ0n) is 15.2. The van der Waals surface area contributed by atoms with Crippen molar-refractivity contribution < 1.29 is 9.53 Å². The van der Waals surface area contributed by atoms with E-state index in [-0.39, 0.29) is 6.61 Å². The molecule has 0 saturated heterocycles. The number of rotatable bonds is 5. The summed E-state index contributed by atoms with van der Waals surface area (Å²) in [4.78, 5) is 17.0. The third-order valence-corrected chi connectivity index (χ3v) is 4.52. The third kappa shape index (κ3) is 3.01. The SMILES string of the molecule is CCc1c(C(=O)OCc2cn3ccccc3c2C#N)cnn1-c1ccccn1. The van der Waals surface area contributed by atoms with Gasteiger partial charge in [-0.05, 0) is 30.7 Å². The van der Waals surface area contributed by atoms with Crippen LogP contribution in [0.5, 0.6) is 0 Å². The van der Waals surface area contributed by atoms with E-state index in [1.807, 2.05) is 53.9 Å². The van der Waals surface area contributed by atoms with E-state index in [1.54, 1.807) is 17.1 Å². The maximum absolute atomic E-state index is 12.7. The summed E-state index contributed by atoms with van der Waals surface area (Å²) in [5.41, 5.74) is 3.08. The highest BCUT2D eigenvalue weighted by atomic mass is 16.5. The van der Waals surface area contributed by atoms with Crippen molar-refractivity contribution in [3.05, 3.63) is 83.6 Å². The molecule has 138 valence electrons. The zero-order chi connectivity index (χ0) is 19.5. The Bertz CT molecular complexity index is 1180. The van der Waals surface area contributed by atoms with Crippen LogP contribution in [0.1, 0.15) is 34.1 Å². The van der Waals surface area contributed by atoms with Gasteiger partial charge in [-0.1, -0.05) is 19.1 Å². The first-order valence-corrected chi connectivity index (χ1v) is 8.87. The summed E-state index contributed by atoms with van der Waals surface area (Å²) in [6.07, 6.45) is 7.43. The molecule has 4 heterocycles. The van der Waals surface area contributed by atoms with Crippen LogP contribution in [0.25, 0.3) is 11.3 Å². The quantitative estimate of drug-likeness (QED) is 0.503. The maximum atomic E-state index is 12.7. The summed E-state index contributed by atoms with van der Waals surface area (Å²) in [6.45, 7) is 1.96. The number of esters is 1. The van der Waals surface area contributed by atoms with Crippen LogP contribution in [0, 0.1) is 11.3 Å². The van der Waals surface area contributed by atoms with E-state index in [2.05, 4.69) is 16.2 Å². The molecule has 0 bridgehead atoms. The summed E-state index contributed by atoms with van der Waals surface area (Å²) in [5, 5.41) is 13.8. The highest BCUT2D eigenvalue weighted by Crippen LogP contribution is 2.20. The minimum absolute atomic E-state index is 0.0152. The number of hydrogen-bond acceptors (Lipinski definition) is 5. The van der Waals surface area contributed by atoms with E-state index < -0.39 is 5.97 Å². The van der Waals surface area contributed by atoms with Crippen LogP contribution in [0.2, 0.25) is 0 Å². The lowest BCUT2D eigenvalue weighted by atomic mass is 10.2. The van der Waals surface area contributed by atoms with E-state index in [0.717, 1.165) is 11.2 Å². The number of ether oxygens (including phenoxy) is 1. The van der Waals surface area contributed by atoms with E-state index in [1.165, 1.54) is 6.20 Å². The van der Waals surface area contributed by atoms with Crippen LogP contribution < -0.4 is 0 Å². The molecular formula is C21H17N5O2. The number of nitriles is 1. The molecule has 0 aliphatic carbocycles. The molecule has 28 heavy (non-hydrogen) atoms. The largest absolute Gasteiger partial charge is 0.457 e. The summed E-state index contributed by atoms with van der Waals surface area (Å²) >= 11 is 0. The maximum Gasteiger partial charge on any atom is 0.341 e. The summed E-state index contributed by atoms with van der Waals surface area (Å²) in [6, 6.07) is 13.3. The second-order valence-corrected chi connectivity index (χ2v) is 6.17. The number of pyridine rings is 2. The Hall–Kier alpha value is -3.92. The van der Waals surface area contributed by atoms with Gasteiger partial charge in [0.05, 0.1) is 23.0 Å². The molecule has 0 aliphatic heterocycles. The molecule has 4 aromatic heterocycles. The van der Waals surface area contributed by atoms with Crippen molar-refractivity contribution in [3.8, 4) is 11.9 Å². The van der Waals surface area contributed by atoms with Gasteiger partial charge in [-0.15, -0.1) is 0 Å². The molecule has 0 aliphatic rings. The normalized spacial score (nSPS) is 10.7. The standard InChI is InChI=1S/C21H17N5O2/c1-2-18-17(12-24-26(18)20-8-3-5-9-23-20)21(27)28-14-15-13-25-10-6-4-7-19(25)16(15)11-22/h3-10,12-13H,2,14H2,1H3. The summed E-state index contributed by atoms with van der Waals surface area (Å²) < 4.78 is 8.99. The predicted molar refractivity (Wildman–Crippen MR) is 102 cm³/mol. The van der Waals surface area contributed by atoms with Gasteiger partial charge < -0.3 is 9.14 Å². The molecule has 0 fully saturated rings. The number of hydrogen-bond donors (Lipinski definition) is 0. The van der Waals surface area contributed by atoms with Gasteiger partial charge in [0.2, 0.25) is 0 Å². The Labute approximate surface area is 161 Å². The Morgan fingerprint density at radius 3 is 2.86 bits per heavy atom. The molecule has 0 radical (unpaired) electrons. The van der Waals surface area contributed by atoms with E-state index >= 15 is 0 Å². The highest BCUT2D eigenvalue weighted by Gasteiger charge is 2.20. The van der Waals surface area contributed by atoms with Crippen LogP contribution in [0.4, 0.5) is 0 Å². The number of aromatic nitrogens is 4. The van der Waals surface area contributed by atoms with Gasteiger partial charge in [0.1, 0.15) is 18.2 Å². The lowest BCUT2D eigenvalue weighted by Crippen LogP contribution is -2.10. The molecule has 7 heteroatoms. The molecule has 7 nitrogen and oxygen atoms in total. The molecule has 0 saturated carbocycles. The van der Waals surface area contributed by atoms with Crippen molar-refractivity contribution in [2.24, 2.45) is 0 Å². The topological polar surface area (TPSA) is 85.2 Å². The smallest absolute Gasteiger partial charge is 0.341 e. The number of fused-ring (bicyclic) bond motifs is 1. The van der Waals surface area contributed by atoms with E-state index in [0.29, 0.717) is 28.9 Å². The zero-order valence-corrected chi connectivity index (χ0v) is 15.2. The molecule has 0 atom stereocenters. The van der Waals surface area contributed by atoms with Crippen molar-refractivity contribution >= 4 is 11.5 Å². The van der Waals surface area contributed by atoms with Crippen molar-refractivity contribution in [2.75, 3.05) is 0 Å². The molecule has 0 amide bonds. The Morgan fingerprint density at radius 1 is 1.25 bits per heavy atom. The number of nitrogens with zero attached hydrogens (tertiary/aromatic N) is 5. The second kappa shape index (κ2) is 7.37. The van der Waals surface area contributed by atoms with Crippen molar-refractivity contribution in [1.29, 1.82) is 5.26 Å². The summed E-state index contributed by atoms with van der Waals surface area (Å²) in [5.74, 6) is 0.169. The second-order valence-electron chi connectivity index (χ2n) is 6.17. The molecule has 0 aromatic carbocycles. The number of carbonyl (C=O) groups excluding carboxylic acids is 1. The molecule has 4 rings (SSSR count). The van der Waals surface area contributed by atoms with Crippen LogP contribution in [0.3, 0.4) is 0 Å². The first-order valence-electron chi connectivity index (χ1n) is 8.87. The van der Waals surface area contributed by atoms with E-state index in [9.17, 15) is 10.1 Å². The van der Waals surface area contributed by atoms with Gasteiger partial charge in [0, 0.05) is 24.2 Å². The Morgan fingerprint density at radius 2 is 2.11 bits per heavy atom. The average molecular weight is 371 g/mol. The first-order chi connectivity index (χ1) is 13.7. The van der Waals surface area contributed by atoms with Crippen molar-refractivity contribution in [2.45, 2.75) is 20.0 Å². The minimum Gasteiger partial charge on any atom is -0.457 e. The van der Waals surface area contributed by atoms with Gasteiger partial charge >= 0.3 is 5.97 Å². The Balaban J connectivity index is 1.59. The van der Waals surface area contributed by atoms with Gasteiger partial charge in [0.25, 0.3) is 0 Å². The first kappa shape index (κ1) is 17.5. The van der Waals surface area contributed by atoms with E-state index in [4.69, 9.17) is 4.74 Å². The van der Waals surface area contributed by atoms with Gasteiger partial charge in [-0.2, -0.15) is 10.4 Å². The molecule has 4 aromatic rings. The predicted octanol–water partition coefficient (Wildman–Crippen LogP) is 3.31. The van der Waals surface area contributed by atoms with Gasteiger partial charge in [0.15, 0.2) is 5.82 Å².